The van der Waals surface area contributed by atoms with Crippen LogP contribution in [0.25, 0.3) is 0 Å². The summed E-state index contributed by atoms with van der Waals surface area (Å²) in [6.45, 7) is 3.29. The molecule has 1 unspecified atom stereocenters. The van der Waals surface area contributed by atoms with Gasteiger partial charge < -0.3 is 24.4 Å². The van der Waals surface area contributed by atoms with Crippen molar-refractivity contribution in [2.75, 3.05) is 44.3 Å². The largest absolute Gasteiger partial charge is 0.481 e. The maximum absolute atomic E-state index is 12.7. The molecule has 0 bridgehead atoms. The Morgan fingerprint density at radius 1 is 1.21 bits per heavy atom. The van der Waals surface area contributed by atoms with E-state index in [1.807, 2.05) is 29.2 Å². The van der Waals surface area contributed by atoms with E-state index < -0.39 is 12.1 Å². The van der Waals surface area contributed by atoms with E-state index in [2.05, 4.69) is 0 Å². The second kappa shape index (κ2) is 7.53. The van der Waals surface area contributed by atoms with Gasteiger partial charge in [-0.3, -0.25) is 9.59 Å². The van der Waals surface area contributed by atoms with Gasteiger partial charge in [0.25, 0.3) is 5.91 Å². The van der Waals surface area contributed by atoms with Crippen LogP contribution >= 0.6 is 0 Å². The van der Waals surface area contributed by atoms with Gasteiger partial charge in [-0.25, -0.2) is 0 Å². The molecule has 7 nitrogen and oxygen atoms in total. The zero-order valence-electron chi connectivity index (χ0n) is 13.5. The highest BCUT2D eigenvalue weighted by molar-refractivity contribution is 5.83. The lowest BCUT2D eigenvalue weighted by Crippen LogP contribution is -2.53. The fraction of sp³-hybridized carbons (Fsp3) is 0.529. The second-order valence-corrected chi connectivity index (χ2v) is 5.96. The van der Waals surface area contributed by atoms with Crippen LogP contribution in [0, 0.1) is 0 Å². The Kier molecular flexibility index (Phi) is 5.20. The number of benzene rings is 1. The minimum absolute atomic E-state index is 0.0314. The molecule has 1 aromatic carbocycles. The molecule has 0 aromatic heterocycles. The predicted molar refractivity (Wildman–Crippen MR) is 87.3 cm³/mol. The molecule has 1 saturated heterocycles. The maximum Gasteiger partial charge on any atom is 0.303 e. The summed E-state index contributed by atoms with van der Waals surface area (Å²) < 4.78 is 11.2. The predicted octanol–water partition coefficient (Wildman–Crippen LogP) is 0.978. The van der Waals surface area contributed by atoms with E-state index in [4.69, 9.17) is 14.6 Å². The minimum atomic E-state index is -0.808. The zero-order chi connectivity index (χ0) is 16.9. The number of hydrogen-bond acceptors (Lipinski definition) is 5. The fourth-order valence-corrected chi connectivity index (χ4v) is 3.06. The van der Waals surface area contributed by atoms with Crippen molar-refractivity contribution in [3.05, 3.63) is 24.3 Å². The number of aliphatic carboxylic acids is 1. The van der Waals surface area contributed by atoms with Crippen LogP contribution in [0.15, 0.2) is 24.3 Å². The zero-order valence-corrected chi connectivity index (χ0v) is 13.5. The lowest BCUT2D eigenvalue weighted by molar-refractivity contribution is -0.142. The van der Waals surface area contributed by atoms with Gasteiger partial charge in [-0.15, -0.1) is 0 Å². The molecule has 1 N–H and O–H groups in total. The number of fused-ring (bicyclic) bond motifs is 1. The monoisotopic (exact) mass is 334 g/mol. The van der Waals surface area contributed by atoms with Gasteiger partial charge >= 0.3 is 5.97 Å². The lowest BCUT2D eigenvalue weighted by atomic mass is 10.1. The number of carboxylic acid groups (broad SMARTS) is 1. The van der Waals surface area contributed by atoms with E-state index in [1.54, 1.807) is 4.90 Å². The molecule has 1 amide bonds. The summed E-state index contributed by atoms with van der Waals surface area (Å²) >= 11 is 0. The Balaban J connectivity index is 1.71. The molecule has 1 atom stereocenters. The Morgan fingerprint density at radius 2 is 1.96 bits per heavy atom. The summed E-state index contributed by atoms with van der Waals surface area (Å²) in [5, 5.41) is 8.83. The lowest BCUT2D eigenvalue weighted by Gasteiger charge is -2.38. The van der Waals surface area contributed by atoms with Crippen molar-refractivity contribution in [1.29, 1.82) is 0 Å². The SMILES string of the molecule is O=C(O)CCCN1CC(C(=O)N2CCOCC2)Oc2ccccc21. The number of para-hydroxylation sites is 2. The van der Waals surface area contributed by atoms with Crippen molar-refractivity contribution in [2.24, 2.45) is 0 Å². The van der Waals surface area contributed by atoms with E-state index in [0.717, 1.165) is 5.69 Å². The van der Waals surface area contributed by atoms with Crippen LogP contribution in [0.2, 0.25) is 0 Å². The van der Waals surface area contributed by atoms with Gasteiger partial charge in [0, 0.05) is 26.1 Å². The van der Waals surface area contributed by atoms with E-state index >= 15 is 0 Å². The second-order valence-electron chi connectivity index (χ2n) is 5.96. The van der Waals surface area contributed by atoms with Crippen molar-refractivity contribution >= 4 is 17.6 Å². The molecular weight excluding hydrogens is 312 g/mol. The van der Waals surface area contributed by atoms with Gasteiger partial charge in [0.05, 0.1) is 25.4 Å². The molecule has 2 heterocycles. The van der Waals surface area contributed by atoms with Crippen molar-refractivity contribution < 1.29 is 24.2 Å². The Hall–Kier alpha value is -2.28. The summed E-state index contributed by atoms with van der Waals surface area (Å²) in [6.07, 6.45) is 0.0758. The number of rotatable bonds is 5. The number of carbonyl (C=O) groups is 2. The first-order valence-corrected chi connectivity index (χ1v) is 8.24. The van der Waals surface area contributed by atoms with Crippen LogP contribution < -0.4 is 9.64 Å². The number of amides is 1. The highest BCUT2D eigenvalue weighted by atomic mass is 16.5. The van der Waals surface area contributed by atoms with E-state index in [1.165, 1.54) is 0 Å². The molecule has 7 heteroatoms. The van der Waals surface area contributed by atoms with E-state index in [9.17, 15) is 9.59 Å². The van der Waals surface area contributed by atoms with Crippen LogP contribution in [0.3, 0.4) is 0 Å². The van der Waals surface area contributed by atoms with Crippen molar-refractivity contribution in [1.82, 2.24) is 4.90 Å². The standard InChI is InChI=1S/C17H22N2O5/c20-16(21)6-3-7-19-12-15(17(22)18-8-10-23-11-9-18)24-14-5-2-1-4-13(14)19/h1-2,4-5,15H,3,6-12H2,(H,20,21). The first-order chi connectivity index (χ1) is 11.6. The average molecular weight is 334 g/mol. The quantitative estimate of drug-likeness (QED) is 0.865. The molecule has 0 saturated carbocycles. The third-order valence-corrected chi connectivity index (χ3v) is 4.28. The number of ether oxygens (including phenoxy) is 2. The molecule has 1 fully saturated rings. The van der Waals surface area contributed by atoms with E-state index in [0.29, 0.717) is 51.6 Å². The average Bonchev–Trinajstić information content (AvgIpc) is 2.61. The Bertz CT molecular complexity index is 600. The highest BCUT2D eigenvalue weighted by Gasteiger charge is 2.33. The van der Waals surface area contributed by atoms with Crippen molar-refractivity contribution in [3.63, 3.8) is 0 Å². The topological polar surface area (TPSA) is 79.3 Å². The molecule has 130 valence electrons. The first-order valence-electron chi connectivity index (χ1n) is 8.24. The van der Waals surface area contributed by atoms with Gasteiger partial charge in [-0.2, -0.15) is 0 Å². The number of hydrogen-bond donors (Lipinski definition) is 1. The van der Waals surface area contributed by atoms with Crippen LogP contribution in [0.1, 0.15) is 12.8 Å². The normalized spacial score (nSPS) is 20.2. The summed E-state index contributed by atoms with van der Waals surface area (Å²) in [5.41, 5.74) is 0.911. The summed E-state index contributed by atoms with van der Waals surface area (Å²) in [5.74, 6) is -0.167. The molecule has 0 spiro atoms. The number of morpholine rings is 1. The summed E-state index contributed by atoms with van der Waals surface area (Å²) in [6, 6.07) is 7.57. The smallest absolute Gasteiger partial charge is 0.303 e. The van der Waals surface area contributed by atoms with Crippen LogP contribution in [-0.2, 0) is 14.3 Å². The minimum Gasteiger partial charge on any atom is -0.481 e. The molecule has 0 aliphatic carbocycles. The molecule has 0 radical (unpaired) electrons. The number of carbonyl (C=O) groups excluding carboxylic acids is 1. The number of carboxylic acids is 1. The van der Waals surface area contributed by atoms with Gasteiger partial charge in [0.1, 0.15) is 5.75 Å². The summed E-state index contributed by atoms with van der Waals surface area (Å²) in [4.78, 5) is 27.3. The summed E-state index contributed by atoms with van der Waals surface area (Å²) in [7, 11) is 0. The highest BCUT2D eigenvalue weighted by Crippen LogP contribution is 2.33. The molecule has 2 aliphatic heterocycles. The molecular formula is C17H22N2O5. The Labute approximate surface area is 140 Å². The van der Waals surface area contributed by atoms with Gasteiger partial charge in [0.15, 0.2) is 6.10 Å². The maximum atomic E-state index is 12.7. The third-order valence-electron chi connectivity index (χ3n) is 4.28. The Morgan fingerprint density at radius 3 is 2.71 bits per heavy atom. The van der Waals surface area contributed by atoms with Crippen LogP contribution in [0.5, 0.6) is 5.75 Å². The van der Waals surface area contributed by atoms with Crippen molar-refractivity contribution in [2.45, 2.75) is 18.9 Å². The number of nitrogens with zero attached hydrogens (tertiary/aromatic N) is 2. The van der Waals surface area contributed by atoms with E-state index in [-0.39, 0.29) is 12.3 Å². The van der Waals surface area contributed by atoms with Crippen LogP contribution in [-0.4, -0.2) is 67.4 Å². The van der Waals surface area contributed by atoms with Gasteiger partial charge in [-0.1, -0.05) is 12.1 Å². The molecule has 2 aliphatic rings. The molecule has 3 rings (SSSR count). The van der Waals surface area contributed by atoms with Gasteiger partial charge in [0.2, 0.25) is 0 Å². The first kappa shape index (κ1) is 16.6. The fourth-order valence-electron chi connectivity index (χ4n) is 3.06. The number of anilines is 1. The van der Waals surface area contributed by atoms with Crippen LogP contribution in [0.4, 0.5) is 5.69 Å². The molecule has 1 aromatic rings. The third kappa shape index (κ3) is 3.79. The van der Waals surface area contributed by atoms with Crippen molar-refractivity contribution in [3.8, 4) is 5.75 Å². The molecule has 24 heavy (non-hydrogen) atoms. The van der Waals surface area contributed by atoms with Gasteiger partial charge in [-0.05, 0) is 18.6 Å².